The summed E-state index contributed by atoms with van der Waals surface area (Å²) < 4.78 is 22.8. The van der Waals surface area contributed by atoms with E-state index < -0.39 is 11.2 Å². The number of hydrogen-bond donors (Lipinski definition) is 0. The van der Waals surface area contributed by atoms with Crippen molar-refractivity contribution in [1.29, 1.82) is 0 Å². The molecule has 9 heteroatoms. The third-order valence-corrected chi connectivity index (χ3v) is 6.08. The molecule has 2 aliphatic heterocycles. The lowest BCUT2D eigenvalue weighted by atomic mass is 9.95. The van der Waals surface area contributed by atoms with Crippen molar-refractivity contribution < 1.29 is 23.9 Å². The molecule has 2 atom stereocenters. The highest BCUT2D eigenvalue weighted by molar-refractivity contribution is 6.02. The lowest BCUT2D eigenvalue weighted by Gasteiger charge is -2.38. The standard InChI is InChI=1S/C25H23N3O6/c1-31-21-11-10-15(13-23(21)33-3)19-14-20-18-8-5-9-22(32-2)24(18)34-25(27(20)26-19)16-6-4-7-17(12-16)28(29)30/h4-13,20,25H,14H2,1-3H3/t20-,25-/m1/s1. The number of fused-ring (bicyclic) bond motifs is 3. The predicted molar refractivity (Wildman–Crippen MR) is 125 cm³/mol. The molecule has 0 fully saturated rings. The Kier molecular flexibility index (Phi) is 5.45. The van der Waals surface area contributed by atoms with E-state index in [4.69, 9.17) is 24.0 Å². The van der Waals surface area contributed by atoms with Crippen LogP contribution in [-0.4, -0.2) is 37.0 Å². The Labute approximate surface area is 196 Å². The second-order valence-corrected chi connectivity index (χ2v) is 7.92. The van der Waals surface area contributed by atoms with Crippen LogP contribution in [0.2, 0.25) is 0 Å². The van der Waals surface area contributed by atoms with Gasteiger partial charge in [-0.1, -0.05) is 24.3 Å². The van der Waals surface area contributed by atoms with Gasteiger partial charge in [0, 0.05) is 35.2 Å². The number of ether oxygens (including phenoxy) is 4. The van der Waals surface area contributed by atoms with Crippen LogP contribution < -0.4 is 18.9 Å². The molecule has 0 N–H and O–H groups in total. The SMILES string of the molecule is COc1ccc(C2=NN3[C@H](C2)c2cccc(OC)c2O[C@@H]3c2cccc([N+](=O)[O-])c2)cc1OC. The van der Waals surface area contributed by atoms with Crippen molar-refractivity contribution in [2.45, 2.75) is 18.7 Å². The maximum absolute atomic E-state index is 11.4. The van der Waals surface area contributed by atoms with Crippen molar-refractivity contribution >= 4 is 11.4 Å². The summed E-state index contributed by atoms with van der Waals surface area (Å²) in [5.74, 6) is 2.47. The number of nitrogens with zero attached hydrogens (tertiary/aromatic N) is 3. The molecule has 0 aromatic heterocycles. The van der Waals surface area contributed by atoms with Crippen LogP contribution in [0.15, 0.2) is 65.8 Å². The molecule has 0 aliphatic carbocycles. The molecule has 0 radical (unpaired) electrons. The lowest BCUT2D eigenvalue weighted by Crippen LogP contribution is -2.33. The number of nitro benzene ring substituents is 1. The fraction of sp³-hybridized carbons (Fsp3) is 0.240. The van der Waals surface area contributed by atoms with Crippen molar-refractivity contribution in [1.82, 2.24) is 5.01 Å². The summed E-state index contributed by atoms with van der Waals surface area (Å²) in [7, 11) is 4.78. The first-order valence-corrected chi connectivity index (χ1v) is 10.7. The number of nitro groups is 1. The van der Waals surface area contributed by atoms with Gasteiger partial charge < -0.3 is 18.9 Å². The first-order chi connectivity index (χ1) is 16.5. The fourth-order valence-electron chi connectivity index (χ4n) is 4.45. The highest BCUT2D eigenvalue weighted by Gasteiger charge is 2.42. The van der Waals surface area contributed by atoms with Crippen LogP contribution in [0.3, 0.4) is 0 Å². The van der Waals surface area contributed by atoms with Crippen LogP contribution in [-0.2, 0) is 0 Å². The van der Waals surface area contributed by atoms with E-state index >= 15 is 0 Å². The summed E-state index contributed by atoms with van der Waals surface area (Å²) in [6.07, 6.45) is -0.0453. The van der Waals surface area contributed by atoms with Crippen LogP contribution >= 0.6 is 0 Å². The summed E-state index contributed by atoms with van der Waals surface area (Å²) >= 11 is 0. The number of non-ortho nitro benzene ring substituents is 1. The van der Waals surface area contributed by atoms with Gasteiger partial charge in [0.15, 0.2) is 23.0 Å². The topological polar surface area (TPSA) is 95.7 Å². The third-order valence-electron chi connectivity index (χ3n) is 6.08. The zero-order chi connectivity index (χ0) is 23.8. The lowest BCUT2D eigenvalue weighted by molar-refractivity contribution is -0.385. The number of hydrazone groups is 1. The van der Waals surface area contributed by atoms with Gasteiger partial charge in [-0.05, 0) is 24.3 Å². The molecule has 34 heavy (non-hydrogen) atoms. The summed E-state index contributed by atoms with van der Waals surface area (Å²) in [5.41, 5.74) is 3.31. The third kappa shape index (κ3) is 3.55. The largest absolute Gasteiger partial charge is 0.493 e. The molecule has 0 spiro atoms. The Morgan fingerprint density at radius 2 is 1.74 bits per heavy atom. The molecule has 0 bridgehead atoms. The Bertz CT molecular complexity index is 1290. The first-order valence-electron chi connectivity index (χ1n) is 10.7. The summed E-state index contributed by atoms with van der Waals surface area (Å²) in [6, 6.07) is 17.7. The molecule has 5 rings (SSSR count). The van der Waals surface area contributed by atoms with Gasteiger partial charge >= 0.3 is 0 Å². The zero-order valence-electron chi connectivity index (χ0n) is 18.9. The van der Waals surface area contributed by atoms with E-state index in [-0.39, 0.29) is 11.7 Å². The smallest absolute Gasteiger partial charge is 0.269 e. The summed E-state index contributed by atoms with van der Waals surface area (Å²) in [5, 5.41) is 18.2. The molecule has 0 saturated heterocycles. The highest BCUT2D eigenvalue weighted by Crippen LogP contribution is 2.51. The van der Waals surface area contributed by atoms with E-state index in [0.29, 0.717) is 35.0 Å². The first kappa shape index (κ1) is 21.6. The van der Waals surface area contributed by atoms with E-state index in [1.807, 2.05) is 41.4 Å². The number of benzene rings is 3. The zero-order valence-corrected chi connectivity index (χ0v) is 18.9. The predicted octanol–water partition coefficient (Wildman–Crippen LogP) is 4.86. The van der Waals surface area contributed by atoms with E-state index in [1.54, 1.807) is 33.5 Å². The minimum atomic E-state index is -0.661. The van der Waals surface area contributed by atoms with Crippen LogP contribution in [0, 0.1) is 10.1 Å². The van der Waals surface area contributed by atoms with Gasteiger partial charge in [-0.3, -0.25) is 10.1 Å². The molecule has 0 amide bonds. The maximum atomic E-state index is 11.4. The quantitative estimate of drug-likeness (QED) is 0.382. The van der Waals surface area contributed by atoms with Gasteiger partial charge in [-0.15, -0.1) is 0 Å². The number of methoxy groups -OCH3 is 3. The summed E-state index contributed by atoms with van der Waals surface area (Å²) in [4.78, 5) is 11.0. The normalized spacial score (nSPS) is 18.3. The van der Waals surface area contributed by atoms with Crippen LogP contribution in [0.5, 0.6) is 23.0 Å². The van der Waals surface area contributed by atoms with Crippen molar-refractivity contribution in [3.8, 4) is 23.0 Å². The van der Waals surface area contributed by atoms with Crippen molar-refractivity contribution in [3.05, 3.63) is 87.5 Å². The van der Waals surface area contributed by atoms with E-state index in [0.717, 1.165) is 16.8 Å². The van der Waals surface area contributed by atoms with Gasteiger partial charge in [0.1, 0.15) is 0 Å². The molecule has 0 saturated carbocycles. The van der Waals surface area contributed by atoms with Gasteiger partial charge in [0.05, 0.1) is 38.0 Å². The van der Waals surface area contributed by atoms with Gasteiger partial charge in [0.25, 0.3) is 5.69 Å². The van der Waals surface area contributed by atoms with Gasteiger partial charge in [-0.2, -0.15) is 5.10 Å². The van der Waals surface area contributed by atoms with Crippen molar-refractivity contribution in [2.75, 3.05) is 21.3 Å². The van der Waals surface area contributed by atoms with Crippen LogP contribution in [0.4, 0.5) is 5.69 Å². The average Bonchev–Trinajstić information content (AvgIpc) is 3.33. The van der Waals surface area contributed by atoms with Crippen LogP contribution in [0.25, 0.3) is 0 Å². The monoisotopic (exact) mass is 461 g/mol. The van der Waals surface area contributed by atoms with Crippen LogP contribution in [0.1, 0.15) is 35.4 Å². The molecule has 2 heterocycles. The Morgan fingerprint density at radius 1 is 0.971 bits per heavy atom. The molecule has 3 aromatic carbocycles. The molecule has 2 aliphatic rings. The van der Waals surface area contributed by atoms with Gasteiger partial charge in [0.2, 0.25) is 6.23 Å². The highest BCUT2D eigenvalue weighted by atomic mass is 16.6. The second kappa shape index (κ2) is 8.58. The minimum Gasteiger partial charge on any atom is -0.493 e. The molecule has 0 unspecified atom stereocenters. The van der Waals surface area contributed by atoms with Crippen molar-refractivity contribution in [3.63, 3.8) is 0 Å². The molecule has 3 aromatic rings. The number of rotatable bonds is 6. The van der Waals surface area contributed by atoms with Crippen molar-refractivity contribution in [2.24, 2.45) is 5.10 Å². The molecular weight excluding hydrogens is 438 g/mol. The molecule has 9 nitrogen and oxygen atoms in total. The average molecular weight is 461 g/mol. The number of para-hydroxylation sites is 1. The number of hydrogen-bond acceptors (Lipinski definition) is 8. The van der Waals surface area contributed by atoms with E-state index in [2.05, 4.69) is 0 Å². The maximum Gasteiger partial charge on any atom is 0.269 e. The second-order valence-electron chi connectivity index (χ2n) is 7.92. The molecule has 174 valence electrons. The van der Waals surface area contributed by atoms with Gasteiger partial charge in [-0.25, -0.2) is 5.01 Å². The molecular formula is C25H23N3O6. The Balaban J connectivity index is 1.61. The van der Waals surface area contributed by atoms with E-state index in [1.165, 1.54) is 12.1 Å². The van der Waals surface area contributed by atoms with E-state index in [9.17, 15) is 10.1 Å². The Morgan fingerprint density at radius 3 is 2.47 bits per heavy atom. The summed E-state index contributed by atoms with van der Waals surface area (Å²) in [6.45, 7) is 0. The minimum absolute atomic E-state index is 0.00763. The fourth-order valence-corrected chi connectivity index (χ4v) is 4.45. The Hall–Kier alpha value is -4.27.